The van der Waals surface area contributed by atoms with Gasteiger partial charge in [-0.15, -0.1) is 11.3 Å². The van der Waals surface area contributed by atoms with Crippen molar-refractivity contribution in [1.29, 1.82) is 0 Å². The number of thiophene rings is 1. The van der Waals surface area contributed by atoms with Crippen molar-refractivity contribution >= 4 is 34.9 Å². The lowest BCUT2D eigenvalue weighted by Gasteiger charge is -2.15. The molecule has 0 aromatic carbocycles. The summed E-state index contributed by atoms with van der Waals surface area (Å²) in [4.78, 5) is 1.01. The van der Waals surface area contributed by atoms with Gasteiger partial charge in [-0.3, -0.25) is 4.57 Å². The van der Waals surface area contributed by atoms with E-state index in [0.29, 0.717) is 19.4 Å². The Morgan fingerprint density at radius 2 is 1.93 bits per heavy atom. The van der Waals surface area contributed by atoms with Crippen LogP contribution in [0.4, 0.5) is 0 Å². The molecule has 15 heavy (non-hydrogen) atoms. The van der Waals surface area contributed by atoms with Gasteiger partial charge in [0, 0.05) is 4.88 Å². The number of hydrogen-bond acceptors (Lipinski definition) is 4. The predicted molar refractivity (Wildman–Crippen MR) is 66.6 cm³/mol. The molecule has 0 spiro atoms. The smallest absolute Gasteiger partial charge is 0.309 e. The molecule has 0 saturated carbocycles. The monoisotopic (exact) mass is 312 g/mol. The van der Waals surface area contributed by atoms with Crippen molar-refractivity contribution in [2.24, 2.45) is 0 Å². The second-order valence-electron chi connectivity index (χ2n) is 2.81. The second-order valence-corrected chi connectivity index (χ2v) is 7.41. The summed E-state index contributed by atoms with van der Waals surface area (Å²) in [6.07, 6.45) is 0.352. The maximum Gasteiger partial charge on any atom is 0.335 e. The Kier molecular flexibility index (Phi) is 5.50. The lowest BCUT2D eigenvalue weighted by molar-refractivity contribution is 0.219. The Labute approximate surface area is 102 Å². The third-order valence-electron chi connectivity index (χ3n) is 1.63. The highest BCUT2D eigenvalue weighted by atomic mass is 79.9. The van der Waals surface area contributed by atoms with Crippen molar-refractivity contribution in [3.63, 3.8) is 0 Å². The zero-order chi connectivity index (χ0) is 11.3. The molecule has 0 saturated heterocycles. The van der Waals surface area contributed by atoms with Crippen LogP contribution >= 0.6 is 34.9 Å². The van der Waals surface area contributed by atoms with Gasteiger partial charge in [0.05, 0.1) is 23.2 Å². The van der Waals surface area contributed by atoms with Crippen LogP contribution in [0, 0.1) is 0 Å². The molecule has 0 fully saturated rings. The van der Waals surface area contributed by atoms with Crippen molar-refractivity contribution in [2.75, 3.05) is 13.2 Å². The van der Waals surface area contributed by atoms with Crippen LogP contribution in [0.15, 0.2) is 15.9 Å². The third-order valence-corrected chi connectivity index (χ3v) is 5.50. The summed E-state index contributed by atoms with van der Waals surface area (Å²) in [5.74, 6) is 0. The van der Waals surface area contributed by atoms with E-state index in [2.05, 4.69) is 15.9 Å². The molecule has 6 heteroatoms. The van der Waals surface area contributed by atoms with Crippen molar-refractivity contribution in [3.05, 3.63) is 20.8 Å². The first-order valence-electron chi connectivity index (χ1n) is 4.72. The Morgan fingerprint density at radius 3 is 2.33 bits per heavy atom. The van der Waals surface area contributed by atoms with Crippen LogP contribution in [-0.4, -0.2) is 13.2 Å². The van der Waals surface area contributed by atoms with Crippen molar-refractivity contribution < 1.29 is 13.6 Å². The minimum atomic E-state index is -2.94. The van der Waals surface area contributed by atoms with Gasteiger partial charge in [0.1, 0.15) is 0 Å². The highest BCUT2D eigenvalue weighted by molar-refractivity contribution is 9.11. The van der Waals surface area contributed by atoms with Gasteiger partial charge in [0.25, 0.3) is 0 Å². The van der Waals surface area contributed by atoms with Crippen molar-refractivity contribution in [2.45, 2.75) is 20.0 Å². The largest absolute Gasteiger partial charge is 0.335 e. The first kappa shape index (κ1) is 13.4. The Balaban J connectivity index is 2.70. The quantitative estimate of drug-likeness (QED) is 0.736. The van der Waals surface area contributed by atoms with Gasteiger partial charge in [-0.2, -0.15) is 0 Å². The molecule has 0 N–H and O–H groups in total. The van der Waals surface area contributed by atoms with Crippen LogP contribution < -0.4 is 0 Å². The normalized spacial score (nSPS) is 11.9. The molecule has 3 nitrogen and oxygen atoms in total. The molecule has 0 bridgehead atoms. The van der Waals surface area contributed by atoms with Gasteiger partial charge < -0.3 is 9.05 Å². The fourth-order valence-corrected chi connectivity index (χ4v) is 4.69. The van der Waals surface area contributed by atoms with Crippen molar-refractivity contribution in [3.8, 4) is 0 Å². The van der Waals surface area contributed by atoms with E-state index in [1.807, 2.05) is 26.0 Å². The number of rotatable bonds is 6. The fraction of sp³-hybridized carbons (Fsp3) is 0.556. The summed E-state index contributed by atoms with van der Waals surface area (Å²) < 4.78 is 23.6. The van der Waals surface area contributed by atoms with Crippen LogP contribution in [0.3, 0.4) is 0 Å². The molecule has 0 aliphatic heterocycles. The highest BCUT2D eigenvalue weighted by Gasteiger charge is 2.24. The summed E-state index contributed by atoms with van der Waals surface area (Å²) >= 11 is 4.92. The van der Waals surface area contributed by atoms with Crippen LogP contribution in [-0.2, 0) is 19.8 Å². The van der Waals surface area contributed by atoms with E-state index >= 15 is 0 Å². The van der Waals surface area contributed by atoms with E-state index < -0.39 is 7.60 Å². The van der Waals surface area contributed by atoms with Crippen molar-refractivity contribution in [1.82, 2.24) is 0 Å². The Hall–Kier alpha value is 0.330. The van der Waals surface area contributed by atoms with Gasteiger partial charge in [0.15, 0.2) is 0 Å². The fourth-order valence-electron chi connectivity index (χ4n) is 1.15. The van der Waals surface area contributed by atoms with E-state index in [4.69, 9.17) is 9.05 Å². The van der Waals surface area contributed by atoms with Gasteiger partial charge in [-0.05, 0) is 41.9 Å². The van der Waals surface area contributed by atoms with Gasteiger partial charge in [-0.25, -0.2) is 0 Å². The zero-order valence-electron chi connectivity index (χ0n) is 8.73. The lowest BCUT2D eigenvalue weighted by atomic mass is 10.5. The maximum absolute atomic E-state index is 12.1. The summed E-state index contributed by atoms with van der Waals surface area (Å²) in [6, 6.07) is 3.86. The number of hydrogen-bond donors (Lipinski definition) is 0. The molecule has 0 atom stereocenters. The average Bonchev–Trinajstić information content (AvgIpc) is 2.51. The molecule has 1 heterocycles. The zero-order valence-corrected chi connectivity index (χ0v) is 12.0. The minimum Gasteiger partial charge on any atom is -0.309 e. The second kappa shape index (κ2) is 6.16. The van der Waals surface area contributed by atoms with E-state index in [-0.39, 0.29) is 0 Å². The van der Waals surface area contributed by atoms with Crippen LogP contribution in [0.5, 0.6) is 0 Å². The topological polar surface area (TPSA) is 35.5 Å². The molecule has 1 rings (SSSR count). The molecule has 0 radical (unpaired) electrons. The Morgan fingerprint density at radius 1 is 1.33 bits per heavy atom. The van der Waals surface area contributed by atoms with Gasteiger partial charge in [-0.1, -0.05) is 0 Å². The van der Waals surface area contributed by atoms with Gasteiger partial charge >= 0.3 is 7.60 Å². The van der Waals surface area contributed by atoms with E-state index in [1.165, 1.54) is 0 Å². The summed E-state index contributed by atoms with van der Waals surface area (Å²) in [5, 5.41) is 0. The summed E-state index contributed by atoms with van der Waals surface area (Å²) in [6.45, 7) is 4.44. The highest BCUT2D eigenvalue weighted by Crippen LogP contribution is 2.52. The molecule has 0 aliphatic carbocycles. The molecule has 1 aromatic heterocycles. The predicted octanol–water partition coefficient (Wildman–Crippen LogP) is 4.28. The molecule has 86 valence electrons. The van der Waals surface area contributed by atoms with Crippen LogP contribution in [0.1, 0.15) is 18.7 Å². The first-order chi connectivity index (χ1) is 7.09. The Bertz CT molecular complexity index is 343. The van der Waals surface area contributed by atoms with Crippen LogP contribution in [0.25, 0.3) is 0 Å². The lowest BCUT2D eigenvalue weighted by Crippen LogP contribution is -1.97. The third kappa shape index (κ3) is 4.37. The molecule has 0 unspecified atom stereocenters. The van der Waals surface area contributed by atoms with E-state index in [1.54, 1.807) is 11.3 Å². The molecule has 1 aromatic rings. The minimum absolute atomic E-state index is 0.352. The van der Waals surface area contributed by atoms with E-state index in [9.17, 15) is 4.57 Å². The first-order valence-corrected chi connectivity index (χ1v) is 8.05. The van der Waals surface area contributed by atoms with Crippen LogP contribution in [0.2, 0.25) is 0 Å². The van der Waals surface area contributed by atoms with E-state index in [0.717, 1.165) is 8.66 Å². The maximum atomic E-state index is 12.1. The summed E-state index contributed by atoms with van der Waals surface area (Å²) in [5.41, 5.74) is 0. The summed E-state index contributed by atoms with van der Waals surface area (Å²) in [7, 11) is -2.94. The standard InChI is InChI=1S/C9H14BrO3PS/c1-3-12-14(11,13-4-2)7-8-5-6-9(10)15-8/h5-6H,3-4,7H2,1-2H3. The molecular weight excluding hydrogens is 299 g/mol. The number of halogens is 1. The van der Waals surface area contributed by atoms with Gasteiger partial charge in [0.2, 0.25) is 0 Å². The average molecular weight is 313 g/mol. The molecular formula is C9H14BrO3PS. The molecule has 0 aliphatic rings. The SMILES string of the molecule is CCOP(=O)(Cc1ccc(Br)s1)OCC. The molecule has 0 amide bonds.